The molecule has 2 aromatic carbocycles. The zero-order chi connectivity index (χ0) is 17.9. The van der Waals surface area contributed by atoms with Gasteiger partial charge in [0, 0.05) is 24.1 Å². The van der Waals surface area contributed by atoms with Crippen LogP contribution in [0.5, 0.6) is 0 Å². The second-order valence-electron chi connectivity index (χ2n) is 6.28. The van der Waals surface area contributed by atoms with Gasteiger partial charge < -0.3 is 10.2 Å². The fourth-order valence-electron chi connectivity index (χ4n) is 3.18. The summed E-state index contributed by atoms with van der Waals surface area (Å²) in [7, 11) is 0. The van der Waals surface area contributed by atoms with Gasteiger partial charge in [-0.2, -0.15) is 0 Å². The van der Waals surface area contributed by atoms with Crippen LogP contribution in [0.15, 0.2) is 60.8 Å². The van der Waals surface area contributed by atoms with Gasteiger partial charge in [0.25, 0.3) is 5.91 Å². The largest absolute Gasteiger partial charge is 0.324 e. The molecular formula is C21H20N4O. The molecule has 0 saturated heterocycles. The van der Waals surface area contributed by atoms with E-state index in [2.05, 4.69) is 40.4 Å². The van der Waals surface area contributed by atoms with E-state index in [0.717, 1.165) is 24.2 Å². The van der Waals surface area contributed by atoms with E-state index in [1.54, 1.807) is 17.2 Å². The van der Waals surface area contributed by atoms with Crippen molar-refractivity contribution >= 4 is 23.2 Å². The molecular weight excluding hydrogens is 324 g/mol. The van der Waals surface area contributed by atoms with Crippen molar-refractivity contribution in [1.82, 2.24) is 9.97 Å². The fourth-order valence-corrected chi connectivity index (χ4v) is 3.18. The number of anilines is 3. The lowest BCUT2D eigenvalue weighted by Crippen LogP contribution is -2.29. The van der Waals surface area contributed by atoms with Crippen molar-refractivity contribution < 1.29 is 4.79 Å². The first-order valence-electron chi connectivity index (χ1n) is 8.83. The van der Waals surface area contributed by atoms with Crippen LogP contribution in [0.4, 0.5) is 17.3 Å². The molecule has 0 bridgehead atoms. The number of carbonyl (C=O) groups excluding carboxylic acids is 1. The molecule has 1 amide bonds. The Bertz CT molecular complexity index is 937. The monoisotopic (exact) mass is 344 g/mol. The molecule has 3 aromatic rings. The van der Waals surface area contributed by atoms with Crippen molar-refractivity contribution in [3.05, 3.63) is 77.6 Å². The van der Waals surface area contributed by atoms with Gasteiger partial charge in [-0.1, -0.05) is 37.3 Å². The van der Waals surface area contributed by atoms with Crippen LogP contribution in [0.3, 0.4) is 0 Å². The maximum Gasteiger partial charge on any atom is 0.277 e. The number of para-hydroxylation sites is 1. The molecule has 130 valence electrons. The third-order valence-electron chi connectivity index (χ3n) is 4.63. The summed E-state index contributed by atoms with van der Waals surface area (Å²) in [5, 5.41) is 3.17. The summed E-state index contributed by atoms with van der Waals surface area (Å²) in [6.45, 7) is 2.81. The van der Waals surface area contributed by atoms with Crippen LogP contribution in [0.1, 0.15) is 28.5 Å². The molecule has 0 radical (unpaired) electrons. The summed E-state index contributed by atoms with van der Waals surface area (Å²) in [5.74, 6) is 0.328. The van der Waals surface area contributed by atoms with E-state index in [1.165, 1.54) is 11.1 Å². The molecule has 26 heavy (non-hydrogen) atoms. The number of nitrogens with zero attached hydrogens (tertiary/aromatic N) is 3. The molecule has 0 aliphatic carbocycles. The maximum absolute atomic E-state index is 12.9. The predicted octanol–water partition coefficient (Wildman–Crippen LogP) is 3.99. The number of aromatic nitrogens is 2. The normalized spacial score (nSPS) is 12.7. The van der Waals surface area contributed by atoms with Crippen LogP contribution in [0.25, 0.3) is 0 Å². The number of hydrogen-bond acceptors (Lipinski definition) is 4. The smallest absolute Gasteiger partial charge is 0.277 e. The van der Waals surface area contributed by atoms with Crippen LogP contribution >= 0.6 is 0 Å². The number of aryl methyl sites for hydroxylation is 1. The first-order valence-corrected chi connectivity index (χ1v) is 8.83. The van der Waals surface area contributed by atoms with Crippen molar-refractivity contribution in [1.29, 1.82) is 0 Å². The van der Waals surface area contributed by atoms with Gasteiger partial charge in [-0.15, -0.1) is 0 Å². The molecule has 2 heterocycles. The van der Waals surface area contributed by atoms with E-state index >= 15 is 0 Å². The highest BCUT2D eigenvalue weighted by molar-refractivity contribution is 6.06. The molecule has 5 heteroatoms. The predicted molar refractivity (Wildman–Crippen MR) is 103 cm³/mol. The van der Waals surface area contributed by atoms with Crippen molar-refractivity contribution in [2.75, 3.05) is 16.8 Å². The van der Waals surface area contributed by atoms with E-state index in [4.69, 9.17) is 0 Å². The van der Waals surface area contributed by atoms with Crippen LogP contribution in [-0.2, 0) is 12.8 Å². The Morgan fingerprint density at radius 2 is 1.92 bits per heavy atom. The van der Waals surface area contributed by atoms with E-state index in [9.17, 15) is 4.79 Å². The maximum atomic E-state index is 12.9. The summed E-state index contributed by atoms with van der Waals surface area (Å²) in [6, 6.07) is 17.8. The fraction of sp³-hybridized carbons (Fsp3) is 0.190. The Morgan fingerprint density at radius 1 is 1.12 bits per heavy atom. The Labute approximate surface area is 152 Å². The minimum atomic E-state index is -0.0956. The molecule has 4 rings (SSSR count). The average molecular weight is 344 g/mol. The lowest BCUT2D eigenvalue weighted by atomic mass is 10.1. The van der Waals surface area contributed by atoms with Crippen LogP contribution < -0.4 is 10.2 Å². The van der Waals surface area contributed by atoms with E-state index in [0.29, 0.717) is 18.2 Å². The van der Waals surface area contributed by atoms with Gasteiger partial charge in [-0.3, -0.25) is 4.79 Å². The zero-order valence-electron chi connectivity index (χ0n) is 14.6. The highest BCUT2D eigenvalue weighted by Crippen LogP contribution is 2.28. The number of benzene rings is 2. The van der Waals surface area contributed by atoms with Gasteiger partial charge in [-0.05, 0) is 48.2 Å². The van der Waals surface area contributed by atoms with Gasteiger partial charge in [0.15, 0.2) is 0 Å². The van der Waals surface area contributed by atoms with Crippen molar-refractivity contribution in [2.45, 2.75) is 19.8 Å². The molecule has 5 nitrogen and oxygen atoms in total. The van der Waals surface area contributed by atoms with Crippen LogP contribution in [-0.4, -0.2) is 22.4 Å². The first kappa shape index (κ1) is 16.3. The van der Waals surface area contributed by atoms with Gasteiger partial charge >= 0.3 is 0 Å². The third kappa shape index (κ3) is 3.16. The van der Waals surface area contributed by atoms with Gasteiger partial charge in [0.2, 0.25) is 5.95 Å². The van der Waals surface area contributed by atoms with Crippen molar-refractivity contribution in [3.63, 3.8) is 0 Å². The molecule has 1 N–H and O–H groups in total. The van der Waals surface area contributed by atoms with Crippen molar-refractivity contribution in [3.8, 4) is 0 Å². The summed E-state index contributed by atoms with van der Waals surface area (Å²) < 4.78 is 0. The van der Waals surface area contributed by atoms with E-state index in [-0.39, 0.29) is 5.91 Å². The minimum Gasteiger partial charge on any atom is -0.324 e. The standard InChI is InChI=1S/C21H20N4O/c1-2-15-7-9-17(10-8-15)23-21-22-13-11-18(24-21)20(26)25-14-12-16-5-3-4-6-19(16)25/h3-11,13H,2,12,14H2,1H3,(H,22,23,24). The molecule has 0 fully saturated rings. The topological polar surface area (TPSA) is 58.1 Å². The number of fused-ring (bicyclic) bond motifs is 1. The minimum absolute atomic E-state index is 0.0956. The Hall–Kier alpha value is -3.21. The molecule has 1 aromatic heterocycles. The number of nitrogens with one attached hydrogen (secondary N) is 1. The Kier molecular flexibility index (Phi) is 4.35. The second kappa shape index (κ2) is 6.96. The molecule has 1 aliphatic heterocycles. The van der Waals surface area contributed by atoms with Crippen LogP contribution in [0.2, 0.25) is 0 Å². The average Bonchev–Trinajstić information content (AvgIpc) is 3.12. The molecule has 0 spiro atoms. The zero-order valence-corrected chi connectivity index (χ0v) is 14.6. The van der Waals surface area contributed by atoms with Crippen molar-refractivity contribution in [2.24, 2.45) is 0 Å². The molecule has 0 atom stereocenters. The summed E-state index contributed by atoms with van der Waals surface area (Å²) in [5.41, 5.74) is 4.74. The number of rotatable bonds is 4. The molecule has 0 unspecified atom stereocenters. The highest BCUT2D eigenvalue weighted by atomic mass is 16.2. The summed E-state index contributed by atoms with van der Waals surface area (Å²) in [6.07, 6.45) is 3.49. The van der Waals surface area contributed by atoms with Gasteiger partial charge in [0.1, 0.15) is 5.69 Å². The molecule has 1 aliphatic rings. The van der Waals surface area contributed by atoms with Crippen LogP contribution in [0, 0.1) is 0 Å². The first-order chi connectivity index (χ1) is 12.7. The second-order valence-corrected chi connectivity index (χ2v) is 6.28. The Morgan fingerprint density at radius 3 is 2.73 bits per heavy atom. The van der Waals surface area contributed by atoms with E-state index in [1.807, 2.05) is 30.3 Å². The quantitative estimate of drug-likeness (QED) is 0.777. The third-order valence-corrected chi connectivity index (χ3v) is 4.63. The molecule has 0 saturated carbocycles. The van der Waals surface area contributed by atoms with E-state index < -0.39 is 0 Å². The lowest BCUT2D eigenvalue weighted by Gasteiger charge is -2.17. The number of hydrogen-bond donors (Lipinski definition) is 1. The SMILES string of the molecule is CCc1ccc(Nc2nccc(C(=O)N3CCc4ccccc43)n2)cc1. The Balaban J connectivity index is 1.55. The number of carbonyl (C=O) groups is 1. The van der Waals surface area contributed by atoms with Gasteiger partial charge in [-0.25, -0.2) is 9.97 Å². The highest BCUT2D eigenvalue weighted by Gasteiger charge is 2.26. The summed E-state index contributed by atoms with van der Waals surface area (Å²) in [4.78, 5) is 23.3. The number of amides is 1. The van der Waals surface area contributed by atoms with Gasteiger partial charge in [0.05, 0.1) is 0 Å². The summed E-state index contributed by atoms with van der Waals surface area (Å²) >= 11 is 0. The lowest BCUT2D eigenvalue weighted by molar-refractivity contribution is 0.0984.